The fraction of sp³-hybridized carbons (Fsp3) is 0.909. The van der Waals surface area contributed by atoms with Crippen LogP contribution in [0.25, 0.3) is 0 Å². The molecule has 0 aromatic carbocycles. The first-order valence-electron chi connectivity index (χ1n) is 5.37. The minimum absolute atomic E-state index is 0.0806. The van der Waals surface area contributed by atoms with Gasteiger partial charge in [0.25, 0.3) is 0 Å². The molecule has 1 aliphatic carbocycles. The van der Waals surface area contributed by atoms with Crippen molar-refractivity contribution in [1.29, 1.82) is 0 Å². The molecule has 1 atom stereocenters. The maximum Gasteiger partial charge on any atom is 0.311 e. The molecule has 1 aliphatic rings. The van der Waals surface area contributed by atoms with Gasteiger partial charge in [-0.15, -0.1) is 0 Å². The van der Waals surface area contributed by atoms with Crippen LogP contribution in [0.3, 0.4) is 0 Å². The van der Waals surface area contributed by atoms with Crippen LogP contribution < -0.4 is 5.73 Å². The molecule has 0 aromatic heterocycles. The van der Waals surface area contributed by atoms with Crippen LogP contribution in [0.15, 0.2) is 0 Å². The summed E-state index contributed by atoms with van der Waals surface area (Å²) in [5, 5.41) is 0. The second-order valence-corrected chi connectivity index (χ2v) is 5.07. The lowest BCUT2D eigenvalue weighted by atomic mass is 9.76. The van der Waals surface area contributed by atoms with Crippen molar-refractivity contribution in [2.45, 2.75) is 45.6 Å². The Morgan fingerprint density at radius 3 is 2.36 bits per heavy atom. The van der Waals surface area contributed by atoms with Gasteiger partial charge in [-0.3, -0.25) is 4.79 Å². The lowest BCUT2D eigenvalue weighted by Crippen LogP contribution is -2.39. The van der Waals surface area contributed by atoms with Gasteiger partial charge in [0.15, 0.2) is 0 Å². The van der Waals surface area contributed by atoms with E-state index >= 15 is 0 Å². The zero-order chi connectivity index (χ0) is 10.8. The Hall–Kier alpha value is -0.570. The van der Waals surface area contributed by atoms with E-state index in [0.29, 0.717) is 12.5 Å². The highest BCUT2D eigenvalue weighted by atomic mass is 16.6. The maximum atomic E-state index is 11.7. The molecule has 0 radical (unpaired) electrons. The first-order valence-corrected chi connectivity index (χ1v) is 5.37. The Bertz CT molecular complexity index is 204. The number of carbonyl (C=O) groups is 1. The van der Waals surface area contributed by atoms with Gasteiger partial charge in [-0.1, -0.05) is 6.42 Å². The fourth-order valence-electron chi connectivity index (χ4n) is 1.70. The quantitative estimate of drug-likeness (QED) is 0.704. The van der Waals surface area contributed by atoms with E-state index in [0.717, 1.165) is 12.8 Å². The Kier molecular flexibility index (Phi) is 3.53. The summed E-state index contributed by atoms with van der Waals surface area (Å²) < 4.78 is 5.33. The van der Waals surface area contributed by atoms with E-state index in [1.165, 1.54) is 6.42 Å². The number of hydrogen-bond acceptors (Lipinski definition) is 3. The number of esters is 1. The maximum absolute atomic E-state index is 11.7. The molecule has 3 nitrogen and oxygen atoms in total. The average Bonchev–Trinajstić information content (AvgIpc) is 1.92. The van der Waals surface area contributed by atoms with Crippen LogP contribution in [0.4, 0.5) is 0 Å². The van der Waals surface area contributed by atoms with Crippen molar-refractivity contribution in [3.05, 3.63) is 0 Å². The van der Waals surface area contributed by atoms with Gasteiger partial charge in [0.1, 0.15) is 5.60 Å². The summed E-state index contributed by atoms with van der Waals surface area (Å²) in [4.78, 5) is 11.7. The average molecular weight is 199 g/mol. The van der Waals surface area contributed by atoms with Crippen LogP contribution >= 0.6 is 0 Å². The van der Waals surface area contributed by atoms with Crippen molar-refractivity contribution < 1.29 is 9.53 Å². The van der Waals surface area contributed by atoms with Gasteiger partial charge in [0, 0.05) is 6.54 Å². The third kappa shape index (κ3) is 2.98. The summed E-state index contributed by atoms with van der Waals surface area (Å²) in [5.74, 6) is 0.266. The topological polar surface area (TPSA) is 52.3 Å². The second kappa shape index (κ2) is 4.30. The van der Waals surface area contributed by atoms with Gasteiger partial charge in [-0.05, 0) is 39.5 Å². The predicted molar refractivity (Wildman–Crippen MR) is 55.7 cm³/mol. The van der Waals surface area contributed by atoms with Crippen molar-refractivity contribution in [2.75, 3.05) is 6.54 Å². The molecule has 82 valence electrons. The molecule has 0 heterocycles. The third-order valence-corrected chi connectivity index (χ3v) is 2.68. The molecule has 14 heavy (non-hydrogen) atoms. The van der Waals surface area contributed by atoms with Gasteiger partial charge >= 0.3 is 5.97 Å². The summed E-state index contributed by atoms with van der Waals surface area (Å²) in [5.41, 5.74) is 5.21. The lowest BCUT2D eigenvalue weighted by molar-refractivity contribution is -0.162. The van der Waals surface area contributed by atoms with Gasteiger partial charge in [-0.25, -0.2) is 0 Å². The van der Waals surface area contributed by atoms with Gasteiger partial charge in [0.2, 0.25) is 0 Å². The molecule has 1 saturated carbocycles. The normalized spacial score (nSPS) is 20.0. The highest BCUT2D eigenvalue weighted by Crippen LogP contribution is 2.34. The number of hydrogen-bond donors (Lipinski definition) is 1. The van der Waals surface area contributed by atoms with E-state index in [4.69, 9.17) is 10.5 Å². The predicted octanol–water partition coefficient (Wildman–Crippen LogP) is 1.70. The minimum Gasteiger partial charge on any atom is -0.460 e. The van der Waals surface area contributed by atoms with Crippen molar-refractivity contribution in [3.63, 3.8) is 0 Å². The SMILES string of the molecule is CC(C)(C)OC(=O)C(CN)C1CCC1. The van der Waals surface area contributed by atoms with E-state index in [-0.39, 0.29) is 11.9 Å². The number of ether oxygens (including phenoxy) is 1. The molecule has 3 heteroatoms. The Morgan fingerprint density at radius 2 is 2.07 bits per heavy atom. The number of carbonyl (C=O) groups excluding carboxylic acids is 1. The molecule has 1 unspecified atom stereocenters. The summed E-state index contributed by atoms with van der Waals surface area (Å²) >= 11 is 0. The smallest absolute Gasteiger partial charge is 0.311 e. The standard InChI is InChI=1S/C11H21NO2/c1-11(2,3)14-10(13)9(7-12)8-5-4-6-8/h8-9H,4-7,12H2,1-3H3. The zero-order valence-electron chi connectivity index (χ0n) is 9.38. The molecule has 1 fully saturated rings. The fourth-order valence-corrected chi connectivity index (χ4v) is 1.70. The minimum atomic E-state index is -0.395. The molecule has 2 N–H and O–H groups in total. The van der Waals surface area contributed by atoms with E-state index in [2.05, 4.69) is 0 Å². The zero-order valence-corrected chi connectivity index (χ0v) is 9.38. The van der Waals surface area contributed by atoms with Crippen molar-refractivity contribution >= 4 is 5.97 Å². The first-order chi connectivity index (χ1) is 6.44. The van der Waals surface area contributed by atoms with Crippen molar-refractivity contribution in [2.24, 2.45) is 17.6 Å². The van der Waals surface area contributed by atoms with Crippen molar-refractivity contribution in [1.82, 2.24) is 0 Å². The molecule has 0 saturated heterocycles. The largest absolute Gasteiger partial charge is 0.460 e. The van der Waals surface area contributed by atoms with Crippen LogP contribution in [0.1, 0.15) is 40.0 Å². The van der Waals surface area contributed by atoms with E-state index < -0.39 is 5.60 Å². The highest BCUT2D eigenvalue weighted by molar-refractivity contribution is 5.73. The van der Waals surface area contributed by atoms with Crippen LogP contribution in [-0.4, -0.2) is 18.1 Å². The van der Waals surface area contributed by atoms with Crippen LogP contribution in [0, 0.1) is 11.8 Å². The molecular weight excluding hydrogens is 178 g/mol. The van der Waals surface area contributed by atoms with Crippen LogP contribution in [-0.2, 0) is 9.53 Å². The monoisotopic (exact) mass is 199 g/mol. The van der Waals surface area contributed by atoms with Gasteiger partial charge < -0.3 is 10.5 Å². The van der Waals surface area contributed by atoms with Gasteiger partial charge in [0.05, 0.1) is 5.92 Å². The summed E-state index contributed by atoms with van der Waals surface area (Å²) in [7, 11) is 0. The lowest BCUT2D eigenvalue weighted by Gasteiger charge is -2.33. The van der Waals surface area contributed by atoms with Crippen molar-refractivity contribution in [3.8, 4) is 0 Å². The summed E-state index contributed by atoms with van der Waals surface area (Å²) in [6.07, 6.45) is 3.48. The number of rotatable bonds is 3. The molecule has 0 amide bonds. The Balaban J connectivity index is 2.47. The third-order valence-electron chi connectivity index (χ3n) is 2.68. The molecule has 0 aliphatic heterocycles. The second-order valence-electron chi connectivity index (χ2n) is 5.07. The summed E-state index contributed by atoms with van der Waals surface area (Å²) in [6, 6.07) is 0. The molecular formula is C11H21NO2. The van der Waals surface area contributed by atoms with Gasteiger partial charge in [-0.2, -0.15) is 0 Å². The molecule has 0 bridgehead atoms. The molecule has 0 aromatic rings. The highest BCUT2D eigenvalue weighted by Gasteiger charge is 2.34. The Morgan fingerprint density at radius 1 is 1.50 bits per heavy atom. The van der Waals surface area contributed by atoms with E-state index in [1.54, 1.807) is 0 Å². The van der Waals surface area contributed by atoms with Crippen LogP contribution in [0.2, 0.25) is 0 Å². The van der Waals surface area contributed by atoms with E-state index in [1.807, 2.05) is 20.8 Å². The van der Waals surface area contributed by atoms with Crippen LogP contribution in [0.5, 0.6) is 0 Å². The first kappa shape index (κ1) is 11.5. The number of nitrogens with two attached hydrogens (primary N) is 1. The summed E-state index contributed by atoms with van der Waals surface area (Å²) in [6.45, 7) is 6.08. The molecule has 0 spiro atoms. The van der Waals surface area contributed by atoms with E-state index in [9.17, 15) is 4.79 Å². The molecule has 1 rings (SSSR count). The Labute approximate surface area is 86.0 Å².